The van der Waals surface area contributed by atoms with Crippen LogP contribution in [0.2, 0.25) is 0 Å². The van der Waals surface area contributed by atoms with E-state index in [0.717, 1.165) is 47.5 Å². The smallest absolute Gasteiger partial charge is 0.245 e. The normalized spacial score (nSPS) is 15.4. The lowest BCUT2D eigenvalue weighted by molar-refractivity contribution is -0.121. The van der Waals surface area contributed by atoms with Gasteiger partial charge in [-0.1, -0.05) is 0 Å². The lowest BCUT2D eigenvalue weighted by atomic mass is 10.1. The van der Waals surface area contributed by atoms with Gasteiger partial charge < -0.3 is 15.4 Å². The maximum absolute atomic E-state index is 12.0. The highest BCUT2D eigenvalue weighted by atomic mass is 16.5. The number of nitrogens with one attached hydrogen (secondary N) is 2. The fourth-order valence-corrected chi connectivity index (χ4v) is 3.71. The van der Waals surface area contributed by atoms with Crippen LogP contribution in [0.25, 0.3) is 16.8 Å². The topological polar surface area (TPSA) is 98.4 Å². The van der Waals surface area contributed by atoms with Gasteiger partial charge in [0.15, 0.2) is 0 Å². The molecule has 0 atom stereocenters. The average Bonchev–Trinajstić information content (AvgIpc) is 3.43. The number of rotatable bonds is 0. The van der Waals surface area contributed by atoms with Crippen LogP contribution in [-0.4, -0.2) is 43.4 Å². The van der Waals surface area contributed by atoms with Gasteiger partial charge in [-0.3, -0.25) is 9.48 Å². The first-order valence-electron chi connectivity index (χ1n) is 10.9. The second-order valence-electron chi connectivity index (χ2n) is 7.79. The van der Waals surface area contributed by atoms with Crippen molar-refractivity contribution in [3.05, 3.63) is 55.0 Å². The third kappa shape index (κ3) is 4.56. The summed E-state index contributed by atoms with van der Waals surface area (Å²) < 4.78 is 9.56. The molecular formula is C23H25N7O2. The summed E-state index contributed by atoms with van der Waals surface area (Å²) in [4.78, 5) is 16.4. The third-order valence-electron chi connectivity index (χ3n) is 5.39. The van der Waals surface area contributed by atoms with E-state index in [1.54, 1.807) is 12.4 Å². The van der Waals surface area contributed by atoms with E-state index < -0.39 is 0 Å². The molecular weight excluding hydrogens is 406 g/mol. The summed E-state index contributed by atoms with van der Waals surface area (Å²) >= 11 is 0. The molecule has 1 amide bonds. The van der Waals surface area contributed by atoms with Crippen LogP contribution >= 0.6 is 0 Å². The number of carbonyl (C=O) groups excluding carboxylic acids is 1. The van der Waals surface area contributed by atoms with Crippen LogP contribution in [-0.2, 0) is 11.3 Å². The standard InChI is InChI=1S/C23H25N7O2/c31-22-4-1-2-13-32-20-8-5-17(6-9-20)21-10-7-19-15-25-23(28-30(19)21)27-18-14-26-29(16-18)12-3-11-24-22/h5-10,14-16H,1-4,11-13H2,(H,24,31)(H,27,28). The van der Waals surface area contributed by atoms with Gasteiger partial charge in [-0.25, -0.2) is 9.50 Å². The molecule has 0 aliphatic carbocycles. The Balaban J connectivity index is 1.42. The highest BCUT2D eigenvalue weighted by molar-refractivity contribution is 5.75. The highest BCUT2D eigenvalue weighted by Crippen LogP contribution is 2.25. The number of anilines is 2. The van der Waals surface area contributed by atoms with Crippen LogP contribution in [0.1, 0.15) is 25.7 Å². The summed E-state index contributed by atoms with van der Waals surface area (Å²) in [6, 6.07) is 12.0. The zero-order chi connectivity index (χ0) is 21.8. The Hall–Kier alpha value is -3.88. The minimum atomic E-state index is 0.0786. The van der Waals surface area contributed by atoms with Crippen molar-refractivity contribution in [3.63, 3.8) is 0 Å². The van der Waals surface area contributed by atoms with Gasteiger partial charge in [-0.2, -0.15) is 5.10 Å². The van der Waals surface area contributed by atoms with Crippen molar-refractivity contribution >= 4 is 23.1 Å². The quantitative estimate of drug-likeness (QED) is 0.443. The summed E-state index contributed by atoms with van der Waals surface area (Å²) in [6.45, 7) is 1.93. The Labute approximate surface area is 185 Å². The zero-order valence-corrected chi connectivity index (χ0v) is 17.7. The van der Waals surface area contributed by atoms with E-state index in [-0.39, 0.29) is 5.91 Å². The molecule has 6 bridgehead atoms. The number of hydrogen-bond donors (Lipinski definition) is 2. The van der Waals surface area contributed by atoms with E-state index in [9.17, 15) is 4.79 Å². The number of benzene rings is 1. The van der Waals surface area contributed by atoms with Crippen molar-refractivity contribution in [1.82, 2.24) is 29.7 Å². The van der Waals surface area contributed by atoms with E-state index in [0.29, 0.717) is 32.1 Å². The monoisotopic (exact) mass is 431 g/mol. The molecule has 164 valence electrons. The first kappa shape index (κ1) is 20.0. The van der Waals surface area contributed by atoms with Crippen molar-refractivity contribution in [2.24, 2.45) is 0 Å². The van der Waals surface area contributed by atoms with Crippen LogP contribution in [0.5, 0.6) is 5.75 Å². The predicted octanol–water partition coefficient (Wildman–Crippen LogP) is 3.41. The number of carbonyl (C=O) groups is 1. The Morgan fingerprint density at radius 3 is 2.81 bits per heavy atom. The largest absolute Gasteiger partial charge is 0.494 e. The fraction of sp³-hybridized carbons (Fsp3) is 0.304. The molecule has 0 spiro atoms. The van der Waals surface area contributed by atoms with E-state index in [1.165, 1.54) is 0 Å². The molecule has 32 heavy (non-hydrogen) atoms. The van der Waals surface area contributed by atoms with Gasteiger partial charge in [0.2, 0.25) is 11.9 Å². The van der Waals surface area contributed by atoms with Crippen molar-refractivity contribution in [2.45, 2.75) is 32.2 Å². The van der Waals surface area contributed by atoms with Gasteiger partial charge in [0.25, 0.3) is 0 Å². The average molecular weight is 432 g/mol. The zero-order valence-electron chi connectivity index (χ0n) is 17.7. The van der Waals surface area contributed by atoms with E-state index in [4.69, 9.17) is 4.74 Å². The van der Waals surface area contributed by atoms with Crippen LogP contribution < -0.4 is 15.4 Å². The minimum Gasteiger partial charge on any atom is -0.494 e. The maximum Gasteiger partial charge on any atom is 0.245 e. The SMILES string of the molecule is O=C1CCCCOc2ccc(cc2)-c2ccc3cnc(nn23)Nc2cnn(c2)CCCN1. The predicted molar refractivity (Wildman–Crippen MR) is 121 cm³/mol. The van der Waals surface area contributed by atoms with E-state index in [2.05, 4.69) is 25.8 Å². The summed E-state index contributed by atoms with van der Waals surface area (Å²) in [5.74, 6) is 1.38. The molecule has 0 saturated heterocycles. The second-order valence-corrected chi connectivity index (χ2v) is 7.79. The summed E-state index contributed by atoms with van der Waals surface area (Å²) in [7, 11) is 0. The Morgan fingerprint density at radius 2 is 1.91 bits per heavy atom. The van der Waals surface area contributed by atoms with Crippen LogP contribution in [0.3, 0.4) is 0 Å². The molecule has 4 aromatic rings. The number of ether oxygens (including phenoxy) is 1. The molecule has 0 saturated carbocycles. The van der Waals surface area contributed by atoms with Crippen molar-refractivity contribution in [1.29, 1.82) is 0 Å². The summed E-state index contributed by atoms with van der Waals surface area (Å²) in [5.41, 5.74) is 3.73. The molecule has 9 heteroatoms. The third-order valence-corrected chi connectivity index (χ3v) is 5.39. The van der Waals surface area contributed by atoms with Crippen LogP contribution in [0.4, 0.5) is 11.6 Å². The van der Waals surface area contributed by atoms with Gasteiger partial charge >= 0.3 is 0 Å². The number of hydrogen-bond acceptors (Lipinski definition) is 6. The summed E-state index contributed by atoms with van der Waals surface area (Å²) in [6.07, 6.45) is 8.41. The Morgan fingerprint density at radius 1 is 1.00 bits per heavy atom. The number of aromatic nitrogens is 5. The van der Waals surface area contributed by atoms with Gasteiger partial charge in [0.05, 0.1) is 35.9 Å². The number of fused-ring (bicyclic) bond motifs is 11. The number of nitrogens with zero attached hydrogens (tertiary/aromatic N) is 5. The van der Waals surface area contributed by atoms with Gasteiger partial charge in [0, 0.05) is 31.3 Å². The summed E-state index contributed by atoms with van der Waals surface area (Å²) in [5, 5.41) is 15.2. The minimum absolute atomic E-state index is 0.0786. The van der Waals surface area contributed by atoms with Crippen molar-refractivity contribution < 1.29 is 9.53 Å². The number of aryl methyl sites for hydroxylation is 1. The Kier molecular flexibility index (Phi) is 5.69. The molecule has 1 aromatic carbocycles. The van der Waals surface area contributed by atoms with Gasteiger partial charge in [-0.15, -0.1) is 5.10 Å². The van der Waals surface area contributed by atoms with E-state index in [1.807, 2.05) is 51.8 Å². The first-order chi connectivity index (χ1) is 15.7. The molecule has 0 unspecified atom stereocenters. The molecule has 3 aromatic heterocycles. The molecule has 2 aliphatic rings. The van der Waals surface area contributed by atoms with Crippen LogP contribution in [0.15, 0.2) is 55.0 Å². The Bertz CT molecular complexity index is 1210. The van der Waals surface area contributed by atoms with E-state index >= 15 is 0 Å². The van der Waals surface area contributed by atoms with Crippen molar-refractivity contribution in [2.75, 3.05) is 18.5 Å². The maximum atomic E-state index is 12.0. The lowest BCUT2D eigenvalue weighted by Crippen LogP contribution is -2.25. The molecule has 5 heterocycles. The fourth-order valence-electron chi connectivity index (χ4n) is 3.71. The van der Waals surface area contributed by atoms with Crippen molar-refractivity contribution in [3.8, 4) is 17.0 Å². The molecule has 2 N–H and O–H groups in total. The number of amides is 1. The van der Waals surface area contributed by atoms with Gasteiger partial charge in [0.1, 0.15) is 5.75 Å². The molecule has 6 rings (SSSR count). The van der Waals surface area contributed by atoms with Gasteiger partial charge in [-0.05, 0) is 55.7 Å². The molecule has 0 radical (unpaired) electrons. The molecule has 0 fully saturated rings. The highest BCUT2D eigenvalue weighted by Gasteiger charge is 2.09. The van der Waals surface area contributed by atoms with Crippen LogP contribution in [0, 0.1) is 0 Å². The lowest BCUT2D eigenvalue weighted by Gasteiger charge is -2.09. The molecule has 9 nitrogen and oxygen atoms in total. The second kappa shape index (κ2) is 9.09. The first-order valence-corrected chi connectivity index (χ1v) is 10.9. The molecule has 2 aliphatic heterocycles.